The van der Waals surface area contributed by atoms with E-state index in [2.05, 4.69) is 57.7 Å². The molecule has 0 aliphatic carbocycles. The second-order valence-corrected chi connectivity index (χ2v) is 7.53. The van der Waals surface area contributed by atoms with Crippen molar-refractivity contribution in [1.29, 1.82) is 0 Å². The molecule has 1 aromatic rings. The molecule has 1 aliphatic heterocycles. The SMILES string of the molecule is CCCCC(C(=O)OC)N1c2cc(C)ccc2C(C)CC1(C)C. The Morgan fingerprint density at radius 2 is 2.13 bits per heavy atom. The number of carbonyl (C=O) groups is 1. The molecule has 0 bridgehead atoms. The van der Waals surface area contributed by atoms with Gasteiger partial charge in [0.1, 0.15) is 6.04 Å². The lowest BCUT2D eigenvalue weighted by Crippen LogP contribution is -2.56. The minimum atomic E-state index is -0.206. The zero-order valence-electron chi connectivity index (χ0n) is 15.5. The maximum Gasteiger partial charge on any atom is 0.328 e. The molecule has 0 spiro atoms. The zero-order valence-corrected chi connectivity index (χ0v) is 15.5. The summed E-state index contributed by atoms with van der Waals surface area (Å²) >= 11 is 0. The van der Waals surface area contributed by atoms with Crippen LogP contribution >= 0.6 is 0 Å². The van der Waals surface area contributed by atoms with Gasteiger partial charge in [0.15, 0.2) is 0 Å². The average Bonchev–Trinajstić information content (AvgIpc) is 2.48. The van der Waals surface area contributed by atoms with Crippen LogP contribution < -0.4 is 4.90 Å². The van der Waals surface area contributed by atoms with Crippen LogP contribution in [0.15, 0.2) is 18.2 Å². The molecule has 1 aromatic carbocycles. The molecule has 2 rings (SSSR count). The molecule has 128 valence electrons. The number of fused-ring (bicyclic) bond motifs is 1. The Bertz CT molecular complexity index is 565. The predicted octanol–water partition coefficient (Wildman–Crippen LogP) is 4.82. The molecule has 2 atom stereocenters. The highest BCUT2D eigenvalue weighted by atomic mass is 16.5. The van der Waals surface area contributed by atoms with E-state index in [1.54, 1.807) is 0 Å². The van der Waals surface area contributed by atoms with Crippen molar-refractivity contribution in [3.05, 3.63) is 29.3 Å². The van der Waals surface area contributed by atoms with Gasteiger partial charge in [-0.2, -0.15) is 0 Å². The number of ether oxygens (including phenoxy) is 1. The highest BCUT2D eigenvalue weighted by molar-refractivity contribution is 5.82. The van der Waals surface area contributed by atoms with Gasteiger partial charge >= 0.3 is 5.97 Å². The number of nitrogens with zero attached hydrogens (tertiary/aromatic N) is 1. The molecule has 0 radical (unpaired) electrons. The van der Waals surface area contributed by atoms with Crippen molar-refractivity contribution in [1.82, 2.24) is 0 Å². The first-order chi connectivity index (χ1) is 10.8. The van der Waals surface area contributed by atoms with Gasteiger partial charge in [-0.3, -0.25) is 0 Å². The smallest absolute Gasteiger partial charge is 0.328 e. The van der Waals surface area contributed by atoms with Crippen LogP contribution in [0.2, 0.25) is 0 Å². The van der Waals surface area contributed by atoms with Gasteiger partial charge in [-0.05, 0) is 56.7 Å². The molecule has 0 N–H and O–H groups in total. The van der Waals surface area contributed by atoms with Crippen LogP contribution in [0.3, 0.4) is 0 Å². The van der Waals surface area contributed by atoms with Crippen LogP contribution in [-0.4, -0.2) is 24.7 Å². The fourth-order valence-electron chi connectivity index (χ4n) is 4.04. The minimum Gasteiger partial charge on any atom is -0.467 e. The lowest BCUT2D eigenvalue weighted by Gasteiger charge is -2.50. The Kier molecular flexibility index (Phi) is 5.38. The van der Waals surface area contributed by atoms with E-state index in [1.807, 2.05) is 0 Å². The Hall–Kier alpha value is -1.51. The molecule has 23 heavy (non-hydrogen) atoms. The maximum atomic E-state index is 12.5. The summed E-state index contributed by atoms with van der Waals surface area (Å²) in [6, 6.07) is 6.42. The van der Waals surface area contributed by atoms with Crippen molar-refractivity contribution < 1.29 is 9.53 Å². The van der Waals surface area contributed by atoms with Crippen molar-refractivity contribution in [3.8, 4) is 0 Å². The van der Waals surface area contributed by atoms with Gasteiger partial charge in [-0.15, -0.1) is 0 Å². The first-order valence-corrected chi connectivity index (χ1v) is 8.79. The molecule has 0 fully saturated rings. The summed E-state index contributed by atoms with van der Waals surface area (Å²) in [6.45, 7) is 11.1. The summed E-state index contributed by atoms with van der Waals surface area (Å²) in [5.74, 6) is 0.384. The third-order valence-electron chi connectivity index (χ3n) is 5.05. The van der Waals surface area contributed by atoms with Crippen LogP contribution in [0.25, 0.3) is 0 Å². The second kappa shape index (κ2) is 6.94. The molecular formula is C20H31NO2. The monoisotopic (exact) mass is 317 g/mol. The number of benzene rings is 1. The van der Waals surface area contributed by atoms with Gasteiger partial charge < -0.3 is 9.64 Å². The number of carbonyl (C=O) groups excluding carboxylic acids is 1. The highest BCUT2D eigenvalue weighted by Crippen LogP contribution is 2.45. The first-order valence-electron chi connectivity index (χ1n) is 8.79. The van der Waals surface area contributed by atoms with E-state index in [9.17, 15) is 4.79 Å². The van der Waals surface area contributed by atoms with Crippen LogP contribution in [0, 0.1) is 6.92 Å². The molecule has 3 heteroatoms. The fraction of sp³-hybridized carbons (Fsp3) is 0.650. The van der Waals surface area contributed by atoms with Gasteiger partial charge in [0, 0.05) is 11.2 Å². The first kappa shape index (κ1) is 17.8. The Morgan fingerprint density at radius 1 is 1.43 bits per heavy atom. The minimum absolute atomic E-state index is 0.0627. The molecular weight excluding hydrogens is 286 g/mol. The lowest BCUT2D eigenvalue weighted by molar-refractivity contribution is -0.142. The van der Waals surface area contributed by atoms with E-state index in [1.165, 1.54) is 23.9 Å². The van der Waals surface area contributed by atoms with Gasteiger partial charge in [0.2, 0.25) is 0 Å². The molecule has 0 aromatic heterocycles. The Labute approximate surface area is 141 Å². The van der Waals surface area contributed by atoms with Gasteiger partial charge in [-0.25, -0.2) is 4.79 Å². The topological polar surface area (TPSA) is 29.5 Å². The molecule has 0 saturated heterocycles. The van der Waals surface area contributed by atoms with Crippen molar-refractivity contribution >= 4 is 11.7 Å². The van der Waals surface area contributed by atoms with Crippen molar-refractivity contribution in [2.45, 2.75) is 77.8 Å². The highest BCUT2D eigenvalue weighted by Gasteiger charge is 2.42. The molecule has 0 amide bonds. The summed E-state index contributed by atoms with van der Waals surface area (Å²) in [4.78, 5) is 14.8. The third-order valence-corrected chi connectivity index (χ3v) is 5.05. The van der Waals surface area contributed by atoms with Gasteiger partial charge in [0.05, 0.1) is 7.11 Å². The summed E-state index contributed by atoms with van der Waals surface area (Å²) in [7, 11) is 1.50. The molecule has 1 heterocycles. The summed E-state index contributed by atoms with van der Waals surface area (Å²) in [5.41, 5.74) is 3.73. The Morgan fingerprint density at radius 3 is 2.74 bits per heavy atom. The van der Waals surface area contributed by atoms with Crippen LogP contribution in [0.4, 0.5) is 5.69 Å². The number of rotatable bonds is 5. The van der Waals surface area contributed by atoms with E-state index < -0.39 is 0 Å². The number of hydrogen-bond donors (Lipinski definition) is 0. The van der Waals surface area contributed by atoms with Crippen LogP contribution in [0.1, 0.15) is 70.4 Å². The maximum absolute atomic E-state index is 12.5. The van der Waals surface area contributed by atoms with Crippen molar-refractivity contribution in [3.63, 3.8) is 0 Å². The van der Waals surface area contributed by atoms with Crippen LogP contribution in [-0.2, 0) is 9.53 Å². The number of methoxy groups -OCH3 is 1. The number of aryl methyl sites for hydroxylation is 1. The number of esters is 1. The molecule has 2 unspecified atom stereocenters. The van der Waals surface area contributed by atoms with E-state index in [0.717, 1.165) is 25.7 Å². The van der Waals surface area contributed by atoms with Crippen LogP contribution in [0.5, 0.6) is 0 Å². The van der Waals surface area contributed by atoms with E-state index in [4.69, 9.17) is 4.74 Å². The lowest BCUT2D eigenvalue weighted by atomic mass is 9.78. The Balaban J connectivity index is 2.53. The number of anilines is 1. The second-order valence-electron chi connectivity index (χ2n) is 7.53. The summed E-state index contributed by atoms with van der Waals surface area (Å²) < 4.78 is 5.15. The quantitative estimate of drug-likeness (QED) is 0.729. The number of unbranched alkanes of at least 4 members (excludes halogenated alkanes) is 1. The standard InChI is InChI=1S/C20H31NO2/c1-7-8-9-17(19(22)23-6)21-18-12-14(2)10-11-16(18)15(3)13-20(21,4)5/h10-12,15,17H,7-9,13H2,1-6H3. The van der Waals surface area contributed by atoms with Gasteiger partial charge in [0.25, 0.3) is 0 Å². The largest absolute Gasteiger partial charge is 0.467 e. The fourth-order valence-corrected chi connectivity index (χ4v) is 4.04. The normalized spacial score (nSPS) is 20.8. The van der Waals surface area contributed by atoms with Gasteiger partial charge in [-0.1, -0.05) is 38.8 Å². The average molecular weight is 317 g/mol. The summed E-state index contributed by atoms with van der Waals surface area (Å²) in [5, 5.41) is 0. The van der Waals surface area contributed by atoms with E-state index >= 15 is 0 Å². The van der Waals surface area contributed by atoms with E-state index in [-0.39, 0.29) is 17.6 Å². The van der Waals surface area contributed by atoms with Crippen molar-refractivity contribution in [2.24, 2.45) is 0 Å². The van der Waals surface area contributed by atoms with E-state index in [0.29, 0.717) is 5.92 Å². The zero-order chi connectivity index (χ0) is 17.2. The third kappa shape index (κ3) is 3.54. The number of hydrogen-bond acceptors (Lipinski definition) is 3. The molecule has 3 nitrogen and oxygen atoms in total. The predicted molar refractivity (Wildman–Crippen MR) is 96.1 cm³/mol. The summed E-state index contributed by atoms with van der Waals surface area (Å²) in [6.07, 6.45) is 4.00. The van der Waals surface area contributed by atoms with Crippen molar-refractivity contribution in [2.75, 3.05) is 12.0 Å². The molecule has 1 aliphatic rings. The molecule has 0 saturated carbocycles.